The number of Topliss-reactive ketones (excluding diaryl/α,β-unsaturated/α-hetero) is 1. The van der Waals surface area contributed by atoms with E-state index in [1.165, 1.54) is 7.11 Å². The molecule has 1 aromatic rings. The van der Waals surface area contributed by atoms with Gasteiger partial charge in [0.15, 0.2) is 5.78 Å². The molecule has 0 spiro atoms. The van der Waals surface area contributed by atoms with E-state index in [4.69, 9.17) is 4.74 Å². The van der Waals surface area contributed by atoms with Crippen molar-refractivity contribution in [3.05, 3.63) is 22.5 Å². The zero-order valence-electron chi connectivity index (χ0n) is 15.0. The summed E-state index contributed by atoms with van der Waals surface area (Å²) in [6, 6.07) is -0.0594. The summed E-state index contributed by atoms with van der Waals surface area (Å²) < 4.78 is 6.45. The fourth-order valence-corrected chi connectivity index (χ4v) is 2.77. The monoisotopic (exact) mass is 322 g/mol. The standard InChI is InChI=1S/C17H26N2O4/c1-8-14(21)19(10(2)3)9-13(20)15-11(4)16(17(22)23-7)18(6)12(15)5/h10H,8-9H2,1-7H3. The molecule has 1 heterocycles. The molecule has 0 aliphatic carbocycles. The molecule has 0 aliphatic heterocycles. The molecule has 23 heavy (non-hydrogen) atoms. The van der Waals surface area contributed by atoms with Gasteiger partial charge in [-0.25, -0.2) is 4.79 Å². The largest absolute Gasteiger partial charge is 0.464 e. The minimum absolute atomic E-state index is 0.0106. The van der Waals surface area contributed by atoms with Crippen LogP contribution in [0.2, 0.25) is 0 Å². The van der Waals surface area contributed by atoms with Gasteiger partial charge in [0.05, 0.1) is 13.7 Å². The molecule has 0 aliphatic rings. The summed E-state index contributed by atoms with van der Waals surface area (Å²) >= 11 is 0. The number of aromatic nitrogens is 1. The number of carbonyl (C=O) groups excluding carboxylic acids is 3. The summed E-state index contributed by atoms with van der Waals surface area (Å²) in [5, 5.41) is 0. The van der Waals surface area contributed by atoms with Crippen molar-refractivity contribution in [2.24, 2.45) is 7.05 Å². The first-order chi connectivity index (χ1) is 10.7. The third-order valence-electron chi connectivity index (χ3n) is 4.15. The summed E-state index contributed by atoms with van der Waals surface area (Å²) in [5.74, 6) is -0.702. The van der Waals surface area contributed by atoms with Gasteiger partial charge >= 0.3 is 5.97 Å². The maximum absolute atomic E-state index is 12.7. The molecular formula is C17H26N2O4. The van der Waals surface area contributed by atoms with Crippen LogP contribution in [0.15, 0.2) is 0 Å². The van der Waals surface area contributed by atoms with Crippen LogP contribution in [-0.2, 0) is 16.6 Å². The predicted molar refractivity (Wildman–Crippen MR) is 87.7 cm³/mol. The maximum atomic E-state index is 12.7. The number of carbonyl (C=O) groups is 3. The van der Waals surface area contributed by atoms with E-state index in [1.807, 2.05) is 13.8 Å². The van der Waals surface area contributed by atoms with E-state index in [0.717, 1.165) is 0 Å². The minimum atomic E-state index is -0.475. The second-order valence-electron chi connectivity index (χ2n) is 5.88. The summed E-state index contributed by atoms with van der Waals surface area (Å²) in [6.07, 6.45) is 0.353. The number of hydrogen-bond donors (Lipinski definition) is 0. The predicted octanol–water partition coefficient (Wildman–Crippen LogP) is 2.26. The Morgan fingerprint density at radius 3 is 2.22 bits per heavy atom. The second kappa shape index (κ2) is 7.44. The average molecular weight is 322 g/mol. The molecular weight excluding hydrogens is 296 g/mol. The molecule has 0 fully saturated rings. The van der Waals surface area contributed by atoms with Crippen LogP contribution in [0.1, 0.15) is 59.3 Å². The summed E-state index contributed by atoms with van der Waals surface area (Å²) in [6.45, 7) is 9.06. The van der Waals surface area contributed by atoms with Gasteiger partial charge in [-0.2, -0.15) is 0 Å². The SMILES string of the molecule is CCC(=O)N(CC(=O)c1c(C)c(C(=O)OC)n(C)c1C)C(C)C. The van der Waals surface area contributed by atoms with Crippen molar-refractivity contribution in [2.45, 2.75) is 47.1 Å². The van der Waals surface area contributed by atoms with E-state index >= 15 is 0 Å². The van der Waals surface area contributed by atoms with E-state index in [2.05, 4.69) is 0 Å². The van der Waals surface area contributed by atoms with Gasteiger partial charge in [0.1, 0.15) is 5.69 Å². The van der Waals surface area contributed by atoms with Crippen LogP contribution in [-0.4, -0.2) is 46.8 Å². The van der Waals surface area contributed by atoms with E-state index in [-0.39, 0.29) is 24.3 Å². The number of hydrogen-bond acceptors (Lipinski definition) is 4. The molecule has 0 unspecified atom stereocenters. The van der Waals surface area contributed by atoms with Crippen LogP contribution >= 0.6 is 0 Å². The topological polar surface area (TPSA) is 68.6 Å². The van der Waals surface area contributed by atoms with Gasteiger partial charge < -0.3 is 14.2 Å². The first-order valence-corrected chi connectivity index (χ1v) is 7.74. The van der Waals surface area contributed by atoms with Crippen LogP contribution < -0.4 is 0 Å². The molecule has 0 saturated heterocycles. The van der Waals surface area contributed by atoms with Crippen molar-refractivity contribution in [1.29, 1.82) is 0 Å². The number of amides is 1. The van der Waals surface area contributed by atoms with Gasteiger partial charge in [0.2, 0.25) is 5.91 Å². The van der Waals surface area contributed by atoms with Crippen molar-refractivity contribution in [2.75, 3.05) is 13.7 Å². The Labute approximate surface area is 137 Å². The normalized spacial score (nSPS) is 10.8. The van der Waals surface area contributed by atoms with Gasteiger partial charge in [0.25, 0.3) is 0 Å². The van der Waals surface area contributed by atoms with Crippen LogP contribution in [0.3, 0.4) is 0 Å². The lowest BCUT2D eigenvalue weighted by molar-refractivity contribution is -0.132. The highest BCUT2D eigenvalue weighted by atomic mass is 16.5. The Morgan fingerprint density at radius 2 is 1.78 bits per heavy atom. The number of esters is 1. The van der Waals surface area contributed by atoms with Gasteiger partial charge in [-0.3, -0.25) is 9.59 Å². The van der Waals surface area contributed by atoms with Crippen LogP contribution in [0.25, 0.3) is 0 Å². The highest BCUT2D eigenvalue weighted by Gasteiger charge is 2.27. The zero-order chi connectivity index (χ0) is 17.9. The van der Waals surface area contributed by atoms with E-state index in [9.17, 15) is 14.4 Å². The molecule has 1 amide bonds. The summed E-state index contributed by atoms with van der Waals surface area (Å²) in [7, 11) is 3.04. The zero-order valence-corrected chi connectivity index (χ0v) is 15.0. The molecule has 1 rings (SSSR count). The first-order valence-electron chi connectivity index (χ1n) is 7.74. The highest BCUT2D eigenvalue weighted by molar-refractivity contribution is 6.04. The lowest BCUT2D eigenvalue weighted by atomic mass is 10.0. The smallest absolute Gasteiger partial charge is 0.354 e. The number of ether oxygens (including phenoxy) is 1. The van der Waals surface area contributed by atoms with Gasteiger partial charge in [0, 0.05) is 30.8 Å². The molecule has 0 bridgehead atoms. The van der Waals surface area contributed by atoms with Crippen molar-refractivity contribution in [1.82, 2.24) is 9.47 Å². The number of rotatable bonds is 6. The van der Waals surface area contributed by atoms with Crippen LogP contribution in [0.5, 0.6) is 0 Å². The molecule has 0 atom stereocenters. The fraction of sp³-hybridized carbons (Fsp3) is 0.588. The summed E-state index contributed by atoms with van der Waals surface area (Å²) in [5.41, 5.74) is 2.14. The quantitative estimate of drug-likeness (QED) is 0.595. The number of methoxy groups -OCH3 is 1. The first kappa shape index (κ1) is 18.9. The van der Waals surface area contributed by atoms with Crippen molar-refractivity contribution < 1.29 is 19.1 Å². The molecule has 0 radical (unpaired) electrons. The maximum Gasteiger partial charge on any atom is 0.354 e. The molecule has 128 valence electrons. The van der Waals surface area contributed by atoms with Crippen molar-refractivity contribution in [3.8, 4) is 0 Å². The molecule has 0 aromatic carbocycles. The Balaban J connectivity index is 3.24. The van der Waals surface area contributed by atoms with Gasteiger partial charge in [-0.15, -0.1) is 0 Å². The van der Waals surface area contributed by atoms with E-state index < -0.39 is 5.97 Å². The Hall–Kier alpha value is -2.11. The third-order valence-corrected chi connectivity index (χ3v) is 4.15. The molecule has 0 N–H and O–H groups in total. The van der Waals surface area contributed by atoms with Gasteiger partial charge in [-0.05, 0) is 33.3 Å². The molecule has 1 aromatic heterocycles. The average Bonchev–Trinajstić information content (AvgIpc) is 2.72. The Morgan fingerprint density at radius 1 is 1.22 bits per heavy atom. The minimum Gasteiger partial charge on any atom is -0.464 e. The Kier molecular flexibility index (Phi) is 6.12. The summed E-state index contributed by atoms with van der Waals surface area (Å²) in [4.78, 5) is 38.2. The van der Waals surface area contributed by atoms with E-state index in [1.54, 1.807) is 37.3 Å². The van der Waals surface area contributed by atoms with Crippen molar-refractivity contribution in [3.63, 3.8) is 0 Å². The highest BCUT2D eigenvalue weighted by Crippen LogP contribution is 2.23. The molecule has 0 saturated carbocycles. The van der Waals surface area contributed by atoms with Crippen molar-refractivity contribution >= 4 is 17.7 Å². The molecule has 6 nitrogen and oxygen atoms in total. The fourth-order valence-electron chi connectivity index (χ4n) is 2.77. The van der Waals surface area contributed by atoms with E-state index in [0.29, 0.717) is 28.9 Å². The van der Waals surface area contributed by atoms with Crippen LogP contribution in [0.4, 0.5) is 0 Å². The molecule has 6 heteroatoms. The number of ketones is 1. The second-order valence-corrected chi connectivity index (χ2v) is 5.88. The third kappa shape index (κ3) is 3.63. The Bertz CT molecular complexity index is 629. The lowest BCUT2D eigenvalue weighted by Crippen LogP contribution is -2.40. The number of nitrogens with zero attached hydrogens (tertiary/aromatic N) is 2. The van der Waals surface area contributed by atoms with Gasteiger partial charge in [-0.1, -0.05) is 6.92 Å². The van der Waals surface area contributed by atoms with Crippen LogP contribution in [0, 0.1) is 13.8 Å². The lowest BCUT2D eigenvalue weighted by Gasteiger charge is -2.25.